The Morgan fingerprint density at radius 1 is 0.906 bits per heavy atom. The number of anilines is 2. The molecular weight excluding hydrogens is 422 g/mol. The van der Waals surface area contributed by atoms with Gasteiger partial charge in [-0.2, -0.15) is 13.2 Å². The van der Waals surface area contributed by atoms with Crippen LogP contribution in [0.1, 0.15) is 12.5 Å². The SMILES string of the molecule is CC1=CC=C(C(=O)N2CCN(c3ccc(F)cc3)CC2)CN1c1cccc(C(F)(F)F)c1. The molecule has 0 atom stereocenters. The zero-order valence-electron chi connectivity index (χ0n) is 17.6. The van der Waals surface area contributed by atoms with Gasteiger partial charge in [0.15, 0.2) is 0 Å². The van der Waals surface area contributed by atoms with E-state index < -0.39 is 11.7 Å². The zero-order chi connectivity index (χ0) is 22.9. The van der Waals surface area contributed by atoms with Gasteiger partial charge in [0.25, 0.3) is 5.91 Å². The smallest absolute Gasteiger partial charge is 0.368 e. The van der Waals surface area contributed by atoms with Crippen LogP contribution in [0.15, 0.2) is 72.0 Å². The zero-order valence-corrected chi connectivity index (χ0v) is 17.6. The van der Waals surface area contributed by atoms with Crippen LogP contribution in [0.25, 0.3) is 0 Å². The number of alkyl halides is 3. The molecule has 0 N–H and O–H groups in total. The number of rotatable bonds is 3. The summed E-state index contributed by atoms with van der Waals surface area (Å²) in [5.74, 6) is -0.412. The lowest BCUT2D eigenvalue weighted by molar-refractivity contribution is -0.137. The van der Waals surface area contributed by atoms with Gasteiger partial charge in [0.2, 0.25) is 0 Å². The van der Waals surface area contributed by atoms with Gasteiger partial charge in [0, 0.05) is 48.8 Å². The Morgan fingerprint density at radius 3 is 2.25 bits per heavy atom. The number of hydrogen-bond acceptors (Lipinski definition) is 3. The van der Waals surface area contributed by atoms with Crippen LogP contribution in [-0.4, -0.2) is 43.5 Å². The van der Waals surface area contributed by atoms with Crippen molar-refractivity contribution in [3.05, 3.63) is 83.3 Å². The number of hydrogen-bond donors (Lipinski definition) is 0. The second kappa shape index (κ2) is 8.68. The highest BCUT2D eigenvalue weighted by atomic mass is 19.4. The molecular formula is C24H23F4N3O. The Labute approximate surface area is 184 Å². The molecule has 0 unspecified atom stereocenters. The van der Waals surface area contributed by atoms with Crippen molar-refractivity contribution in [1.82, 2.24) is 4.90 Å². The van der Waals surface area contributed by atoms with Gasteiger partial charge in [-0.15, -0.1) is 0 Å². The minimum atomic E-state index is -4.43. The maximum Gasteiger partial charge on any atom is 0.416 e. The van der Waals surface area contributed by atoms with E-state index in [-0.39, 0.29) is 18.3 Å². The highest BCUT2D eigenvalue weighted by Crippen LogP contribution is 2.33. The van der Waals surface area contributed by atoms with E-state index in [0.29, 0.717) is 37.4 Å². The second-order valence-corrected chi connectivity index (χ2v) is 7.89. The molecule has 2 aliphatic heterocycles. The van der Waals surface area contributed by atoms with Crippen LogP contribution >= 0.6 is 0 Å². The van der Waals surface area contributed by atoms with Gasteiger partial charge < -0.3 is 14.7 Å². The minimum Gasteiger partial charge on any atom is -0.368 e. The maximum absolute atomic E-state index is 13.1. The van der Waals surface area contributed by atoms with E-state index in [2.05, 4.69) is 4.90 Å². The summed E-state index contributed by atoms with van der Waals surface area (Å²) in [7, 11) is 0. The molecule has 2 heterocycles. The molecule has 4 rings (SSSR count). The van der Waals surface area contributed by atoms with E-state index in [1.807, 2.05) is 0 Å². The quantitative estimate of drug-likeness (QED) is 0.633. The number of benzene rings is 2. The van der Waals surface area contributed by atoms with Crippen molar-refractivity contribution in [2.45, 2.75) is 13.1 Å². The predicted octanol–water partition coefficient (Wildman–Crippen LogP) is 4.84. The number of piperazine rings is 1. The first kappa shape index (κ1) is 21.9. The van der Waals surface area contributed by atoms with E-state index >= 15 is 0 Å². The monoisotopic (exact) mass is 445 g/mol. The molecule has 0 aromatic heterocycles. The summed E-state index contributed by atoms with van der Waals surface area (Å²) in [6.07, 6.45) is -0.929. The summed E-state index contributed by atoms with van der Waals surface area (Å²) in [6, 6.07) is 11.4. The summed E-state index contributed by atoms with van der Waals surface area (Å²) >= 11 is 0. The summed E-state index contributed by atoms with van der Waals surface area (Å²) in [6.45, 7) is 4.29. The number of amides is 1. The van der Waals surface area contributed by atoms with Gasteiger partial charge in [-0.05, 0) is 61.5 Å². The van der Waals surface area contributed by atoms with E-state index in [9.17, 15) is 22.4 Å². The van der Waals surface area contributed by atoms with E-state index in [4.69, 9.17) is 0 Å². The Bertz CT molecular complexity index is 1050. The van der Waals surface area contributed by atoms with Crippen LogP contribution in [0, 0.1) is 5.82 Å². The van der Waals surface area contributed by atoms with Gasteiger partial charge in [-0.3, -0.25) is 4.79 Å². The van der Waals surface area contributed by atoms with Gasteiger partial charge >= 0.3 is 6.18 Å². The lowest BCUT2D eigenvalue weighted by Gasteiger charge is -2.37. The van der Waals surface area contributed by atoms with Crippen molar-refractivity contribution in [3.63, 3.8) is 0 Å². The van der Waals surface area contributed by atoms with Crippen molar-refractivity contribution in [1.29, 1.82) is 0 Å². The lowest BCUT2D eigenvalue weighted by Crippen LogP contribution is -2.50. The summed E-state index contributed by atoms with van der Waals surface area (Å²) < 4.78 is 52.5. The molecule has 8 heteroatoms. The van der Waals surface area contributed by atoms with Gasteiger partial charge in [0.05, 0.1) is 12.1 Å². The van der Waals surface area contributed by atoms with Crippen LogP contribution in [0.5, 0.6) is 0 Å². The first-order chi connectivity index (χ1) is 15.2. The first-order valence-electron chi connectivity index (χ1n) is 10.3. The maximum atomic E-state index is 13.1. The Morgan fingerprint density at radius 2 is 1.59 bits per heavy atom. The highest BCUT2D eigenvalue weighted by molar-refractivity contribution is 5.95. The van der Waals surface area contributed by atoms with Crippen molar-refractivity contribution in [3.8, 4) is 0 Å². The number of allylic oxidation sites excluding steroid dienone is 3. The fourth-order valence-corrected chi connectivity index (χ4v) is 3.97. The molecule has 0 bridgehead atoms. The van der Waals surface area contributed by atoms with Crippen LogP contribution in [0.3, 0.4) is 0 Å². The highest BCUT2D eigenvalue weighted by Gasteiger charge is 2.32. The van der Waals surface area contributed by atoms with Crippen LogP contribution in [0.2, 0.25) is 0 Å². The topological polar surface area (TPSA) is 26.8 Å². The standard InChI is InChI=1S/C24H23F4N3O/c1-17-5-6-18(16-31(17)22-4-2-3-19(15-22)24(26,27)28)23(32)30-13-11-29(12-14-30)21-9-7-20(25)8-10-21/h2-10,15H,11-14,16H2,1H3. The third kappa shape index (κ3) is 4.64. The Kier molecular flexibility index (Phi) is 5.95. The van der Waals surface area contributed by atoms with E-state index in [1.54, 1.807) is 47.1 Å². The lowest BCUT2D eigenvalue weighted by atomic mass is 10.1. The van der Waals surface area contributed by atoms with Crippen molar-refractivity contribution >= 4 is 17.3 Å². The number of carbonyl (C=O) groups excluding carboxylic acids is 1. The minimum absolute atomic E-state index is 0.121. The third-order valence-corrected chi connectivity index (χ3v) is 5.80. The largest absolute Gasteiger partial charge is 0.416 e. The van der Waals surface area contributed by atoms with Crippen LogP contribution in [-0.2, 0) is 11.0 Å². The predicted molar refractivity (Wildman–Crippen MR) is 116 cm³/mol. The molecule has 2 aromatic rings. The molecule has 1 saturated heterocycles. The van der Waals surface area contributed by atoms with E-state index in [1.165, 1.54) is 18.2 Å². The van der Waals surface area contributed by atoms with Crippen LogP contribution < -0.4 is 9.80 Å². The molecule has 168 valence electrons. The Balaban J connectivity index is 1.43. The molecule has 1 fully saturated rings. The molecule has 2 aliphatic rings. The number of nitrogens with zero attached hydrogens (tertiary/aromatic N) is 3. The molecule has 4 nitrogen and oxygen atoms in total. The van der Waals surface area contributed by atoms with Gasteiger partial charge in [0.1, 0.15) is 5.82 Å². The molecule has 0 saturated carbocycles. The normalized spacial score (nSPS) is 17.2. The molecule has 0 spiro atoms. The molecule has 0 aliphatic carbocycles. The Hall–Kier alpha value is -3.29. The number of carbonyl (C=O) groups is 1. The summed E-state index contributed by atoms with van der Waals surface area (Å²) in [5.41, 5.74) is 1.88. The van der Waals surface area contributed by atoms with E-state index in [0.717, 1.165) is 23.5 Å². The van der Waals surface area contributed by atoms with Gasteiger partial charge in [-0.25, -0.2) is 4.39 Å². The first-order valence-corrected chi connectivity index (χ1v) is 10.3. The average molecular weight is 445 g/mol. The molecule has 2 aromatic carbocycles. The van der Waals surface area contributed by atoms with Gasteiger partial charge in [-0.1, -0.05) is 6.07 Å². The average Bonchev–Trinajstić information content (AvgIpc) is 2.79. The van der Waals surface area contributed by atoms with Crippen molar-refractivity contribution in [2.75, 3.05) is 42.5 Å². The van der Waals surface area contributed by atoms with Crippen molar-refractivity contribution < 1.29 is 22.4 Å². The van der Waals surface area contributed by atoms with Crippen molar-refractivity contribution in [2.24, 2.45) is 0 Å². The fraction of sp³-hybridized carbons (Fsp3) is 0.292. The molecule has 1 amide bonds. The summed E-state index contributed by atoms with van der Waals surface area (Å²) in [4.78, 5) is 18.7. The molecule has 0 radical (unpaired) electrons. The van der Waals surface area contributed by atoms with Crippen LogP contribution in [0.4, 0.5) is 28.9 Å². The molecule has 32 heavy (non-hydrogen) atoms. The summed E-state index contributed by atoms with van der Waals surface area (Å²) in [5, 5.41) is 0. The second-order valence-electron chi connectivity index (χ2n) is 7.89. The third-order valence-electron chi connectivity index (χ3n) is 5.80. The fourth-order valence-electron chi connectivity index (χ4n) is 3.97. The number of halogens is 4.